The minimum Gasteiger partial charge on any atom is -0.493 e. The Labute approximate surface area is 171 Å². The van der Waals surface area contributed by atoms with Gasteiger partial charge in [0.1, 0.15) is 11.6 Å². The number of allylic oxidation sites excluding steroid dienone is 1. The number of nitrogens with zero attached hydrogens (tertiary/aromatic N) is 1. The summed E-state index contributed by atoms with van der Waals surface area (Å²) in [6, 6.07) is 12.5. The molecule has 0 amide bonds. The van der Waals surface area contributed by atoms with Crippen LogP contribution in [0.4, 0.5) is 5.82 Å². The first-order valence-corrected chi connectivity index (χ1v) is 10.3. The van der Waals surface area contributed by atoms with E-state index in [4.69, 9.17) is 14.8 Å². The Morgan fingerprint density at radius 3 is 2.79 bits per heavy atom. The zero-order valence-corrected chi connectivity index (χ0v) is 17.1. The Kier molecular flexibility index (Phi) is 5.31. The molecule has 0 bridgehead atoms. The number of ether oxygens (including phenoxy) is 1. The van der Waals surface area contributed by atoms with Crippen molar-refractivity contribution < 1.29 is 14.6 Å². The third-order valence-electron chi connectivity index (χ3n) is 6.28. The van der Waals surface area contributed by atoms with E-state index >= 15 is 0 Å². The minimum absolute atomic E-state index is 0.118. The molecular weight excluding hydrogens is 364 g/mol. The van der Waals surface area contributed by atoms with E-state index in [-0.39, 0.29) is 5.41 Å². The number of hydrogen-bond donors (Lipinski definition) is 2. The number of carboxylic acid groups (broad SMARTS) is 1. The van der Waals surface area contributed by atoms with Crippen molar-refractivity contribution in [2.45, 2.75) is 45.4 Å². The fourth-order valence-corrected chi connectivity index (χ4v) is 4.34. The van der Waals surface area contributed by atoms with Crippen LogP contribution in [0.25, 0.3) is 0 Å². The number of aromatic nitrogens is 1. The number of hydrogen-bond acceptors (Lipinski definition) is 4. The zero-order chi connectivity index (χ0) is 20.4. The van der Waals surface area contributed by atoms with Crippen LogP contribution in [0.15, 0.2) is 48.0 Å². The summed E-state index contributed by atoms with van der Waals surface area (Å²) in [5, 5.41) is 12.4. The molecule has 1 saturated carbocycles. The summed E-state index contributed by atoms with van der Waals surface area (Å²) in [5.41, 5.74) is 4.46. The van der Waals surface area contributed by atoms with Crippen molar-refractivity contribution in [2.75, 3.05) is 18.5 Å². The molecular formula is C24H28N2O3. The van der Waals surface area contributed by atoms with Gasteiger partial charge in [0.2, 0.25) is 0 Å². The summed E-state index contributed by atoms with van der Waals surface area (Å²) in [5.74, 6) is 1.36. The van der Waals surface area contributed by atoms with Gasteiger partial charge in [-0.3, -0.25) is 0 Å². The maximum Gasteiger partial charge on any atom is 0.328 e. The fraction of sp³-hybridized carbons (Fsp3) is 0.417. The monoisotopic (exact) mass is 392 g/mol. The van der Waals surface area contributed by atoms with Gasteiger partial charge in [-0.1, -0.05) is 37.6 Å². The fourth-order valence-electron chi connectivity index (χ4n) is 4.34. The maximum absolute atomic E-state index is 11.0. The van der Waals surface area contributed by atoms with Gasteiger partial charge >= 0.3 is 5.97 Å². The number of aryl methyl sites for hydroxylation is 1. The van der Waals surface area contributed by atoms with Gasteiger partial charge in [-0.25, -0.2) is 9.78 Å². The Morgan fingerprint density at radius 2 is 2.07 bits per heavy atom. The number of benzene rings is 1. The first-order valence-electron chi connectivity index (χ1n) is 10.3. The molecule has 2 aliphatic rings. The van der Waals surface area contributed by atoms with Crippen LogP contribution in [0.1, 0.15) is 49.4 Å². The van der Waals surface area contributed by atoms with Crippen molar-refractivity contribution in [1.82, 2.24) is 4.98 Å². The summed E-state index contributed by atoms with van der Waals surface area (Å²) in [6.07, 6.45) is 5.21. The van der Waals surface area contributed by atoms with Crippen molar-refractivity contribution in [3.8, 4) is 5.75 Å². The lowest BCUT2D eigenvalue weighted by molar-refractivity contribution is -0.131. The molecule has 1 aromatic carbocycles. The molecule has 0 saturated heterocycles. The molecule has 5 nitrogen and oxygen atoms in total. The SMILES string of the molecule is CC1(C)C(=CC(=O)O)CC1c1ccc(OCCc2ccc3c(n2)NCCC3)cc1. The number of nitrogens with one attached hydrogen (secondary N) is 1. The molecule has 1 aliphatic heterocycles. The van der Waals surface area contributed by atoms with Gasteiger partial charge in [0.15, 0.2) is 0 Å². The largest absolute Gasteiger partial charge is 0.493 e. The smallest absolute Gasteiger partial charge is 0.328 e. The molecule has 5 heteroatoms. The molecule has 4 rings (SSSR count). The molecule has 29 heavy (non-hydrogen) atoms. The van der Waals surface area contributed by atoms with Crippen LogP contribution in [0.2, 0.25) is 0 Å². The predicted octanol–water partition coefficient (Wildman–Crippen LogP) is 4.59. The van der Waals surface area contributed by atoms with Crippen molar-refractivity contribution in [2.24, 2.45) is 5.41 Å². The van der Waals surface area contributed by atoms with E-state index in [2.05, 4.69) is 43.4 Å². The highest BCUT2D eigenvalue weighted by atomic mass is 16.5. The van der Waals surface area contributed by atoms with E-state index < -0.39 is 5.97 Å². The maximum atomic E-state index is 11.0. The molecule has 1 fully saturated rings. The van der Waals surface area contributed by atoms with Crippen molar-refractivity contribution >= 4 is 11.8 Å². The number of pyridine rings is 1. The molecule has 1 unspecified atom stereocenters. The van der Waals surface area contributed by atoms with Crippen molar-refractivity contribution in [3.63, 3.8) is 0 Å². The topological polar surface area (TPSA) is 71.5 Å². The zero-order valence-electron chi connectivity index (χ0n) is 17.1. The van der Waals surface area contributed by atoms with Gasteiger partial charge in [0.25, 0.3) is 0 Å². The number of carbonyl (C=O) groups is 1. The normalized spacial score (nSPS) is 21.0. The lowest BCUT2D eigenvalue weighted by Gasteiger charge is -2.47. The van der Waals surface area contributed by atoms with Gasteiger partial charge in [-0.05, 0) is 59.9 Å². The number of aliphatic carboxylic acids is 1. The lowest BCUT2D eigenvalue weighted by atomic mass is 9.56. The van der Waals surface area contributed by atoms with Crippen LogP contribution in [0.5, 0.6) is 5.75 Å². The summed E-state index contributed by atoms with van der Waals surface area (Å²) in [6.45, 7) is 5.81. The highest BCUT2D eigenvalue weighted by molar-refractivity contribution is 5.81. The van der Waals surface area contributed by atoms with E-state index in [1.807, 2.05) is 12.1 Å². The molecule has 1 aliphatic carbocycles. The number of anilines is 1. The second kappa shape index (κ2) is 7.90. The summed E-state index contributed by atoms with van der Waals surface area (Å²) < 4.78 is 5.92. The van der Waals surface area contributed by atoms with Crippen molar-refractivity contribution in [1.29, 1.82) is 0 Å². The standard InChI is InChI=1S/C24H28N2O3/c1-24(2)18(15-22(27)28)14-21(24)16-6-9-20(10-7-16)29-13-11-19-8-5-17-4-3-12-25-23(17)26-19/h5-10,15,21H,3-4,11-14H2,1-2H3,(H,25,26)(H,27,28). The Hall–Kier alpha value is -2.82. The Morgan fingerprint density at radius 1 is 1.28 bits per heavy atom. The number of carboxylic acids is 1. The third kappa shape index (κ3) is 4.14. The first-order chi connectivity index (χ1) is 13.9. The van der Waals surface area contributed by atoms with E-state index in [1.54, 1.807) is 0 Å². The van der Waals surface area contributed by atoms with E-state index in [0.29, 0.717) is 12.5 Å². The van der Waals surface area contributed by atoms with Crippen LogP contribution in [-0.2, 0) is 17.6 Å². The quantitative estimate of drug-likeness (QED) is 0.704. The van der Waals surface area contributed by atoms with Gasteiger partial charge in [-0.2, -0.15) is 0 Å². The molecule has 2 heterocycles. The van der Waals surface area contributed by atoms with Gasteiger partial charge < -0.3 is 15.2 Å². The number of fused-ring (bicyclic) bond motifs is 1. The lowest BCUT2D eigenvalue weighted by Crippen LogP contribution is -2.36. The Balaban J connectivity index is 1.32. The van der Waals surface area contributed by atoms with Crippen LogP contribution in [-0.4, -0.2) is 29.2 Å². The molecule has 2 aromatic rings. The highest BCUT2D eigenvalue weighted by Gasteiger charge is 2.44. The van der Waals surface area contributed by atoms with Crippen LogP contribution in [0, 0.1) is 5.41 Å². The molecule has 2 N–H and O–H groups in total. The Bertz CT molecular complexity index is 932. The average Bonchev–Trinajstić information content (AvgIpc) is 2.71. The molecule has 152 valence electrons. The molecule has 0 spiro atoms. The second-order valence-electron chi connectivity index (χ2n) is 8.49. The van der Waals surface area contributed by atoms with Gasteiger partial charge in [-0.15, -0.1) is 0 Å². The summed E-state index contributed by atoms with van der Waals surface area (Å²) >= 11 is 0. The van der Waals surface area contributed by atoms with Gasteiger partial charge in [0, 0.05) is 24.7 Å². The molecule has 0 radical (unpaired) electrons. The highest BCUT2D eigenvalue weighted by Crippen LogP contribution is 2.56. The van der Waals surface area contributed by atoms with Gasteiger partial charge in [0.05, 0.1) is 6.61 Å². The summed E-state index contributed by atoms with van der Waals surface area (Å²) in [4.78, 5) is 15.7. The summed E-state index contributed by atoms with van der Waals surface area (Å²) in [7, 11) is 0. The predicted molar refractivity (Wildman–Crippen MR) is 114 cm³/mol. The van der Waals surface area contributed by atoms with Crippen LogP contribution >= 0.6 is 0 Å². The second-order valence-corrected chi connectivity index (χ2v) is 8.49. The van der Waals surface area contributed by atoms with E-state index in [0.717, 1.165) is 48.6 Å². The van der Waals surface area contributed by atoms with Crippen LogP contribution < -0.4 is 10.1 Å². The third-order valence-corrected chi connectivity index (χ3v) is 6.28. The number of rotatable bonds is 6. The van der Waals surface area contributed by atoms with E-state index in [9.17, 15) is 4.79 Å². The minimum atomic E-state index is -0.862. The van der Waals surface area contributed by atoms with E-state index in [1.165, 1.54) is 23.6 Å². The van der Waals surface area contributed by atoms with Crippen molar-refractivity contribution in [3.05, 3.63) is 64.9 Å². The van der Waals surface area contributed by atoms with Crippen LogP contribution in [0.3, 0.4) is 0 Å². The molecule has 1 aromatic heterocycles. The first kappa shape index (κ1) is 19.5. The molecule has 1 atom stereocenters. The average molecular weight is 392 g/mol.